The van der Waals surface area contributed by atoms with E-state index in [0.717, 1.165) is 70.6 Å². The predicted molar refractivity (Wildman–Crippen MR) is 243 cm³/mol. The summed E-state index contributed by atoms with van der Waals surface area (Å²) in [4.78, 5) is 37.8. The summed E-state index contributed by atoms with van der Waals surface area (Å²) in [7, 11) is 0. The molecule has 0 spiro atoms. The second kappa shape index (κ2) is 46.8. The van der Waals surface area contributed by atoms with Crippen LogP contribution in [-0.2, 0) is 28.6 Å². The van der Waals surface area contributed by atoms with Gasteiger partial charge in [0.2, 0.25) is 0 Å². The molecule has 6 nitrogen and oxygen atoms in total. The third kappa shape index (κ3) is 45.1. The van der Waals surface area contributed by atoms with E-state index < -0.39 is 6.10 Å². The van der Waals surface area contributed by atoms with Crippen LogP contribution in [0.3, 0.4) is 0 Å². The monoisotopic (exact) mass is 805 g/mol. The van der Waals surface area contributed by atoms with Crippen molar-refractivity contribution in [2.45, 2.75) is 284 Å². The van der Waals surface area contributed by atoms with Gasteiger partial charge in [0, 0.05) is 19.3 Å². The smallest absolute Gasteiger partial charge is 0.306 e. The van der Waals surface area contributed by atoms with Crippen LogP contribution in [0, 0.1) is 0 Å². The topological polar surface area (TPSA) is 78.9 Å². The van der Waals surface area contributed by atoms with Crippen molar-refractivity contribution < 1.29 is 28.6 Å². The van der Waals surface area contributed by atoms with E-state index in [1.165, 1.54) is 167 Å². The van der Waals surface area contributed by atoms with Crippen LogP contribution in [0.4, 0.5) is 0 Å². The number of esters is 3. The molecule has 1 unspecified atom stereocenters. The zero-order chi connectivity index (χ0) is 41.5. The third-order valence-corrected chi connectivity index (χ3v) is 11.3. The van der Waals surface area contributed by atoms with Crippen LogP contribution in [0.15, 0.2) is 12.2 Å². The zero-order valence-electron chi connectivity index (χ0n) is 38.4. The summed E-state index contributed by atoms with van der Waals surface area (Å²) in [5.74, 6) is -0.873. The van der Waals surface area contributed by atoms with Crippen molar-refractivity contribution in [2.24, 2.45) is 0 Å². The highest BCUT2D eigenvalue weighted by atomic mass is 16.6. The molecule has 0 saturated carbocycles. The van der Waals surface area contributed by atoms with Crippen molar-refractivity contribution in [3.63, 3.8) is 0 Å². The van der Waals surface area contributed by atoms with Gasteiger partial charge in [-0.15, -0.1) is 0 Å². The van der Waals surface area contributed by atoms with Crippen LogP contribution in [0.1, 0.15) is 278 Å². The highest BCUT2D eigenvalue weighted by Crippen LogP contribution is 2.16. The highest BCUT2D eigenvalue weighted by Gasteiger charge is 2.19. The summed E-state index contributed by atoms with van der Waals surface area (Å²) in [5, 5.41) is 0. The second-order valence-corrected chi connectivity index (χ2v) is 17.1. The van der Waals surface area contributed by atoms with E-state index in [-0.39, 0.29) is 31.1 Å². The molecule has 0 amide bonds. The van der Waals surface area contributed by atoms with Crippen LogP contribution >= 0.6 is 0 Å². The van der Waals surface area contributed by atoms with Gasteiger partial charge < -0.3 is 14.2 Å². The molecule has 0 aromatic carbocycles. The van der Waals surface area contributed by atoms with Crippen LogP contribution in [-0.4, -0.2) is 37.2 Å². The molecule has 1 atom stereocenters. The maximum Gasteiger partial charge on any atom is 0.306 e. The van der Waals surface area contributed by atoms with Crippen molar-refractivity contribution in [3.8, 4) is 0 Å². The van der Waals surface area contributed by atoms with E-state index in [4.69, 9.17) is 14.2 Å². The molecule has 0 radical (unpaired) electrons. The van der Waals surface area contributed by atoms with Crippen LogP contribution in [0.25, 0.3) is 0 Å². The molecule has 0 aromatic heterocycles. The lowest BCUT2D eigenvalue weighted by molar-refractivity contribution is -0.167. The maximum absolute atomic E-state index is 12.7. The number of rotatable bonds is 46. The van der Waals surface area contributed by atoms with Gasteiger partial charge in [-0.3, -0.25) is 14.4 Å². The Morgan fingerprint density at radius 1 is 0.333 bits per heavy atom. The lowest BCUT2D eigenvalue weighted by Crippen LogP contribution is -2.30. The minimum atomic E-state index is -0.770. The Hall–Kier alpha value is -1.85. The van der Waals surface area contributed by atoms with Crippen LogP contribution in [0.5, 0.6) is 0 Å². The van der Waals surface area contributed by atoms with Crippen LogP contribution in [0.2, 0.25) is 0 Å². The molecule has 0 saturated heterocycles. The van der Waals surface area contributed by atoms with E-state index in [1.807, 2.05) is 0 Å². The Labute approximate surface area is 354 Å². The molecule has 0 rings (SSSR count). The fourth-order valence-electron chi connectivity index (χ4n) is 7.44. The standard InChI is InChI=1S/C51H96O6/c1-4-7-10-13-16-19-22-24-25-27-29-32-35-38-41-44-50(53)56-47-48(46-55-49(52)43-40-37-34-31-28-21-18-15-12-9-6-3)57-51(54)45-42-39-36-33-30-26-23-20-17-14-11-8-5-2/h26,30,48H,4-25,27-29,31-47H2,1-3H3/b30-26-. The van der Waals surface area contributed by atoms with E-state index >= 15 is 0 Å². The first-order valence-corrected chi connectivity index (χ1v) is 25.2. The SMILES string of the molecule is CCCCCCCC/C=C\CCCCCC(=O)OC(COC(=O)CCCCCCCCCCCCC)COC(=O)CCCCCCCCCCCCCCCCC. The Bertz CT molecular complexity index is 885. The number of hydrogen-bond donors (Lipinski definition) is 0. The molecule has 57 heavy (non-hydrogen) atoms. The van der Waals surface area contributed by atoms with E-state index in [0.29, 0.717) is 19.3 Å². The van der Waals surface area contributed by atoms with Crippen molar-refractivity contribution in [1.82, 2.24) is 0 Å². The average molecular weight is 805 g/mol. The summed E-state index contributed by atoms with van der Waals surface area (Å²) in [6.07, 6.45) is 50.5. The lowest BCUT2D eigenvalue weighted by Gasteiger charge is -2.18. The third-order valence-electron chi connectivity index (χ3n) is 11.3. The Balaban J connectivity index is 4.33. The first-order valence-electron chi connectivity index (χ1n) is 25.2. The number of carbonyl (C=O) groups is 3. The average Bonchev–Trinajstić information content (AvgIpc) is 3.21. The molecule has 6 heteroatoms. The van der Waals surface area contributed by atoms with E-state index in [9.17, 15) is 14.4 Å². The first-order chi connectivity index (χ1) is 28.0. The molecule has 0 bridgehead atoms. The number of allylic oxidation sites excluding steroid dienone is 2. The fraction of sp³-hybridized carbons (Fsp3) is 0.902. The molecule has 336 valence electrons. The Kier molecular flexibility index (Phi) is 45.3. The van der Waals surface area contributed by atoms with Crippen molar-refractivity contribution in [2.75, 3.05) is 13.2 Å². The number of hydrogen-bond acceptors (Lipinski definition) is 6. The summed E-state index contributed by atoms with van der Waals surface area (Å²) in [5.41, 5.74) is 0. The quantitative estimate of drug-likeness (QED) is 0.0264. The summed E-state index contributed by atoms with van der Waals surface area (Å²) >= 11 is 0. The molecule has 0 aliphatic rings. The molecule has 0 heterocycles. The van der Waals surface area contributed by atoms with Gasteiger partial charge in [0.15, 0.2) is 6.10 Å². The van der Waals surface area contributed by atoms with Gasteiger partial charge in [0.1, 0.15) is 13.2 Å². The number of unbranched alkanes of at least 4 members (excludes halogenated alkanes) is 33. The zero-order valence-corrected chi connectivity index (χ0v) is 38.4. The fourth-order valence-corrected chi connectivity index (χ4v) is 7.44. The molecular weight excluding hydrogens is 709 g/mol. The van der Waals surface area contributed by atoms with E-state index in [1.54, 1.807) is 0 Å². The van der Waals surface area contributed by atoms with Crippen LogP contribution < -0.4 is 0 Å². The summed E-state index contributed by atoms with van der Waals surface area (Å²) < 4.78 is 16.8. The van der Waals surface area contributed by atoms with Gasteiger partial charge in [-0.05, 0) is 44.9 Å². The van der Waals surface area contributed by atoms with Crippen molar-refractivity contribution >= 4 is 17.9 Å². The normalized spacial score (nSPS) is 12.0. The Morgan fingerprint density at radius 3 is 0.895 bits per heavy atom. The van der Waals surface area contributed by atoms with Gasteiger partial charge >= 0.3 is 17.9 Å². The van der Waals surface area contributed by atoms with Gasteiger partial charge in [0.05, 0.1) is 0 Å². The number of ether oxygens (including phenoxy) is 3. The summed E-state index contributed by atoms with van der Waals surface area (Å²) in [6.45, 7) is 6.64. The van der Waals surface area contributed by atoms with Gasteiger partial charge in [-0.1, -0.05) is 226 Å². The molecule has 0 fully saturated rings. The first kappa shape index (κ1) is 55.2. The molecule has 0 aliphatic carbocycles. The summed E-state index contributed by atoms with van der Waals surface area (Å²) in [6, 6.07) is 0. The second-order valence-electron chi connectivity index (χ2n) is 17.1. The lowest BCUT2D eigenvalue weighted by atomic mass is 10.0. The van der Waals surface area contributed by atoms with Gasteiger partial charge in [-0.25, -0.2) is 0 Å². The minimum Gasteiger partial charge on any atom is -0.462 e. The van der Waals surface area contributed by atoms with Gasteiger partial charge in [0.25, 0.3) is 0 Å². The Morgan fingerprint density at radius 2 is 0.579 bits per heavy atom. The molecule has 0 aromatic rings. The maximum atomic E-state index is 12.7. The van der Waals surface area contributed by atoms with Crippen molar-refractivity contribution in [1.29, 1.82) is 0 Å². The molecule has 0 N–H and O–H groups in total. The predicted octanol–water partition coefficient (Wildman–Crippen LogP) is 16.2. The largest absolute Gasteiger partial charge is 0.462 e. The molecular formula is C51H96O6. The van der Waals surface area contributed by atoms with Gasteiger partial charge in [-0.2, -0.15) is 0 Å². The minimum absolute atomic E-state index is 0.0710. The number of carbonyl (C=O) groups excluding carboxylic acids is 3. The molecule has 0 aliphatic heterocycles. The highest BCUT2D eigenvalue weighted by molar-refractivity contribution is 5.71. The van der Waals surface area contributed by atoms with Crippen molar-refractivity contribution in [3.05, 3.63) is 12.2 Å². The van der Waals surface area contributed by atoms with E-state index in [2.05, 4.69) is 32.9 Å².